The molecule has 1 aromatic rings. The van der Waals surface area contributed by atoms with E-state index in [-0.39, 0.29) is 12.7 Å². The molecule has 1 heterocycles. The van der Waals surface area contributed by atoms with E-state index in [9.17, 15) is 0 Å². The summed E-state index contributed by atoms with van der Waals surface area (Å²) in [4.78, 5) is 4.34. The van der Waals surface area contributed by atoms with Gasteiger partial charge in [0, 0.05) is 27.9 Å². The summed E-state index contributed by atoms with van der Waals surface area (Å²) in [5.41, 5.74) is 2.03. The van der Waals surface area contributed by atoms with Crippen LogP contribution in [0.15, 0.2) is 11.0 Å². The Bertz CT molecular complexity index is 338. The molecule has 0 spiro atoms. The van der Waals surface area contributed by atoms with E-state index in [0.29, 0.717) is 6.42 Å². The first-order chi connectivity index (χ1) is 7.17. The molecule has 1 aromatic heterocycles. The van der Waals surface area contributed by atoms with Gasteiger partial charge in [-0.25, -0.2) is 4.98 Å². The standard InChI is InChI=1S/C10H16NO2PS/c1-7(10(13-14)3-4-12)5-9-6-15-8(2)11-9/h5-6,10,12H,3-4,14H2,1-2H3/b7-5+/t10-/m0/s1. The van der Waals surface area contributed by atoms with Crippen LogP contribution in [0.1, 0.15) is 24.0 Å². The normalized spacial score (nSPS) is 14.3. The van der Waals surface area contributed by atoms with E-state index in [1.54, 1.807) is 11.3 Å². The minimum atomic E-state index is -0.0537. The molecule has 0 radical (unpaired) electrons. The molecule has 1 rings (SSSR count). The Labute approximate surface area is 96.5 Å². The lowest BCUT2D eigenvalue weighted by molar-refractivity contribution is 0.202. The van der Waals surface area contributed by atoms with E-state index >= 15 is 0 Å². The fourth-order valence-electron chi connectivity index (χ4n) is 1.29. The third-order valence-corrected chi connectivity index (χ3v) is 3.20. The fraction of sp³-hybridized carbons (Fsp3) is 0.500. The number of aliphatic hydroxyl groups is 1. The van der Waals surface area contributed by atoms with Crippen molar-refractivity contribution in [3.8, 4) is 0 Å². The van der Waals surface area contributed by atoms with Gasteiger partial charge in [-0.05, 0) is 25.5 Å². The minimum Gasteiger partial charge on any atom is -0.396 e. The van der Waals surface area contributed by atoms with E-state index in [1.165, 1.54) is 0 Å². The van der Waals surface area contributed by atoms with Gasteiger partial charge in [0.2, 0.25) is 0 Å². The van der Waals surface area contributed by atoms with Gasteiger partial charge in [-0.1, -0.05) is 0 Å². The highest BCUT2D eigenvalue weighted by atomic mass is 32.1. The lowest BCUT2D eigenvalue weighted by atomic mass is 10.1. The number of hydrogen-bond acceptors (Lipinski definition) is 4. The number of aryl methyl sites for hydroxylation is 1. The zero-order valence-corrected chi connectivity index (χ0v) is 10.9. The highest BCUT2D eigenvalue weighted by Gasteiger charge is 2.09. The maximum Gasteiger partial charge on any atom is 0.0901 e. The Balaban J connectivity index is 2.72. The average Bonchev–Trinajstić information content (AvgIpc) is 2.60. The first-order valence-corrected chi connectivity index (χ1v) is 6.09. The predicted molar refractivity (Wildman–Crippen MR) is 66.8 cm³/mol. The molecule has 0 aliphatic heterocycles. The summed E-state index contributed by atoms with van der Waals surface area (Å²) < 4.78 is 5.20. The Morgan fingerprint density at radius 2 is 2.53 bits per heavy atom. The van der Waals surface area contributed by atoms with Crippen molar-refractivity contribution in [2.75, 3.05) is 6.61 Å². The van der Waals surface area contributed by atoms with Gasteiger partial charge in [0.1, 0.15) is 0 Å². The second-order valence-corrected chi connectivity index (χ2v) is 4.65. The van der Waals surface area contributed by atoms with Gasteiger partial charge in [0.15, 0.2) is 0 Å². The van der Waals surface area contributed by atoms with Crippen molar-refractivity contribution in [3.05, 3.63) is 21.7 Å². The van der Waals surface area contributed by atoms with Gasteiger partial charge in [-0.15, -0.1) is 11.3 Å². The Kier molecular flexibility index (Phi) is 5.40. The van der Waals surface area contributed by atoms with Crippen LogP contribution < -0.4 is 0 Å². The first kappa shape index (κ1) is 12.8. The largest absolute Gasteiger partial charge is 0.396 e. The van der Waals surface area contributed by atoms with Crippen LogP contribution in [0.25, 0.3) is 6.08 Å². The van der Waals surface area contributed by atoms with Crippen molar-refractivity contribution < 1.29 is 9.63 Å². The summed E-state index contributed by atoms with van der Waals surface area (Å²) >= 11 is 1.63. The molecule has 0 bridgehead atoms. The van der Waals surface area contributed by atoms with Crippen LogP contribution >= 0.6 is 20.8 Å². The Morgan fingerprint density at radius 3 is 3.00 bits per heavy atom. The second-order valence-electron chi connectivity index (χ2n) is 3.32. The van der Waals surface area contributed by atoms with Crippen molar-refractivity contribution in [1.29, 1.82) is 0 Å². The summed E-state index contributed by atoms with van der Waals surface area (Å²) in [6, 6.07) is 0. The Hall–Kier alpha value is -0.280. The summed E-state index contributed by atoms with van der Waals surface area (Å²) in [6.45, 7) is 4.09. The number of hydrogen-bond donors (Lipinski definition) is 1. The van der Waals surface area contributed by atoms with E-state index in [0.717, 1.165) is 16.3 Å². The van der Waals surface area contributed by atoms with Crippen LogP contribution in [0.4, 0.5) is 0 Å². The number of aromatic nitrogens is 1. The maximum absolute atomic E-state index is 8.86. The molecule has 15 heavy (non-hydrogen) atoms. The molecule has 2 atom stereocenters. The third-order valence-electron chi connectivity index (χ3n) is 2.08. The van der Waals surface area contributed by atoms with Crippen LogP contribution in [-0.2, 0) is 4.52 Å². The molecule has 0 saturated heterocycles. The number of nitrogens with zero attached hydrogens (tertiary/aromatic N) is 1. The van der Waals surface area contributed by atoms with Gasteiger partial charge in [0.25, 0.3) is 0 Å². The molecule has 0 saturated carbocycles. The van der Waals surface area contributed by atoms with Crippen LogP contribution in [0.3, 0.4) is 0 Å². The molecular formula is C10H16NO2PS. The lowest BCUT2D eigenvalue weighted by Crippen LogP contribution is -2.11. The number of thiazole rings is 1. The monoisotopic (exact) mass is 245 g/mol. The van der Waals surface area contributed by atoms with E-state index < -0.39 is 0 Å². The summed E-state index contributed by atoms with van der Waals surface area (Å²) in [5.74, 6) is 0. The van der Waals surface area contributed by atoms with Gasteiger partial charge >= 0.3 is 0 Å². The SMILES string of the molecule is C/C(=C\c1csc(C)n1)[C@H](CCO)OP. The van der Waals surface area contributed by atoms with Crippen molar-refractivity contribution in [1.82, 2.24) is 4.98 Å². The third kappa shape index (κ3) is 3.99. The molecule has 1 unspecified atom stereocenters. The van der Waals surface area contributed by atoms with E-state index in [4.69, 9.17) is 9.63 Å². The molecule has 0 aliphatic carbocycles. The highest BCUT2D eigenvalue weighted by molar-refractivity contribution is 7.10. The Morgan fingerprint density at radius 1 is 1.80 bits per heavy atom. The summed E-state index contributed by atoms with van der Waals surface area (Å²) in [7, 11) is 2.24. The van der Waals surface area contributed by atoms with Crippen LogP contribution in [0, 0.1) is 6.92 Å². The topological polar surface area (TPSA) is 42.4 Å². The van der Waals surface area contributed by atoms with Crippen LogP contribution in [0.5, 0.6) is 0 Å². The second kappa shape index (κ2) is 6.33. The van der Waals surface area contributed by atoms with Crippen molar-refractivity contribution >= 4 is 26.9 Å². The minimum absolute atomic E-state index is 0.0537. The molecule has 0 aromatic carbocycles. The summed E-state index contributed by atoms with van der Waals surface area (Å²) in [5, 5.41) is 11.9. The van der Waals surface area contributed by atoms with Crippen molar-refractivity contribution in [2.45, 2.75) is 26.4 Å². The van der Waals surface area contributed by atoms with Gasteiger partial charge in [0.05, 0.1) is 16.8 Å². The zero-order valence-electron chi connectivity index (χ0n) is 8.93. The zero-order chi connectivity index (χ0) is 11.3. The van der Waals surface area contributed by atoms with Crippen molar-refractivity contribution in [3.63, 3.8) is 0 Å². The fourth-order valence-corrected chi connectivity index (χ4v) is 2.21. The molecule has 84 valence electrons. The molecule has 0 fully saturated rings. The van der Waals surface area contributed by atoms with Gasteiger partial charge < -0.3 is 9.63 Å². The molecule has 0 aliphatic rings. The molecule has 3 nitrogen and oxygen atoms in total. The van der Waals surface area contributed by atoms with E-state index in [1.807, 2.05) is 25.3 Å². The highest BCUT2D eigenvalue weighted by Crippen LogP contribution is 2.18. The number of aliphatic hydroxyl groups excluding tert-OH is 1. The first-order valence-electron chi connectivity index (χ1n) is 4.74. The van der Waals surface area contributed by atoms with Crippen LogP contribution in [0.2, 0.25) is 0 Å². The quantitative estimate of drug-likeness (QED) is 0.810. The average molecular weight is 245 g/mol. The van der Waals surface area contributed by atoms with Gasteiger partial charge in [-0.2, -0.15) is 0 Å². The van der Waals surface area contributed by atoms with Crippen molar-refractivity contribution in [2.24, 2.45) is 0 Å². The smallest absolute Gasteiger partial charge is 0.0901 e. The molecule has 5 heteroatoms. The van der Waals surface area contributed by atoms with Gasteiger partial charge in [-0.3, -0.25) is 0 Å². The lowest BCUT2D eigenvalue weighted by Gasteiger charge is -2.13. The summed E-state index contributed by atoms with van der Waals surface area (Å²) in [6.07, 6.45) is 2.55. The maximum atomic E-state index is 8.86. The molecular weight excluding hydrogens is 229 g/mol. The molecule has 0 amide bonds. The van der Waals surface area contributed by atoms with Crippen LogP contribution in [-0.4, -0.2) is 22.8 Å². The van der Waals surface area contributed by atoms with E-state index in [2.05, 4.69) is 14.5 Å². The predicted octanol–water partition coefficient (Wildman–Crippen LogP) is 2.41. The molecule has 1 N–H and O–H groups in total. The number of rotatable bonds is 5.